The highest BCUT2D eigenvalue weighted by molar-refractivity contribution is 7.10. The molecule has 0 saturated carbocycles. The van der Waals surface area contributed by atoms with Gasteiger partial charge in [0, 0.05) is 0 Å². The Morgan fingerprint density at radius 2 is 2.05 bits per heavy atom. The van der Waals surface area contributed by atoms with Crippen LogP contribution in [0.2, 0.25) is 5.15 Å². The predicted octanol–water partition coefficient (Wildman–Crippen LogP) is 3.58. The van der Waals surface area contributed by atoms with Crippen LogP contribution in [0.5, 0.6) is 0 Å². The molecule has 1 amide bonds. The normalized spacial score (nSPS) is 11.6. The molecule has 100 valence electrons. The van der Waals surface area contributed by atoms with Crippen LogP contribution >= 0.6 is 23.1 Å². The molecule has 1 heterocycles. The minimum absolute atomic E-state index is 0.0639. The number of primary amides is 1. The maximum Gasteiger partial charge on any atom is 0.416 e. The van der Waals surface area contributed by atoms with Crippen molar-refractivity contribution in [3.63, 3.8) is 0 Å². The lowest BCUT2D eigenvalue weighted by atomic mass is 10.1. The molecule has 0 atom stereocenters. The number of carbonyl (C=O) groups excluding carboxylic acids is 1. The van der Waals surface area contributed by atoms with Gasteiger partial charge in [0.05, 0.1) is 16.0 Å². The SMILES string of the molecule is NC(=O)c1c(Cl)nsc1-c1cccc(C(F)(F)F)c1. The van der Waals surface area contributed by atoms with Gasteiger partial charge in [0.1, 0.15) is 0 Å². The first-order chi connectivity index (χ1) is 8.80. The first-order valence-corrected chi connectivity index (χ1v) is 6.08. The Balaban J connectivity index is 2.57. The van der Waals surface area contributed by atoms with Crippen LogP contribution in [-0.4, -0.2) is 10.3 Å². The van der Waals surface area contributed by atoms with Gasteiger partial charge in [-0.25, -0.2) is 0 Å². The van der Waals surface area contributed by atoms with Gasteiger partial charge in [-0.15, -0.1) is 0 Å². The number of nitrogens with zero attached hydrogens (tertiary/aromatic N) is 1. The van der Waals surface area contributed by atoms with Gasteiger partial charge in [0.2, 0.25) is 0 Å². The average Bonchev–Trinajstić information content (AvgIpc) is 2.70. The monoisotopic (exact) mass is 306 g/mol. The molecule has 0 bridgehead atoms. The van der Waals surface area contributed by atoms with Gasteiger partial charge < -0.3 is 5.73 Å². The second kappa shape index (κ2) is 4.82. The van der Waals surface area contributed by atoms with Crippen LogP contribution in [0.4, 0.5) is 13.2 Å². The summed E-state index contributed by atoms with van der Waals surface area (Å²) in [6.45, 7) is 0. The topological polar surface area (TPSA) is 56.0 Å². The van der Waals surface area contributed by atoms with Crippen LogP contribution in [0.15, 0.2) is 24.3 Å². The fraction of sp³-hybridized carbons (Fsp3) is 0.0909. The number of alkyl halides is 3. The molecule has 8 heteroatoms. The van der Waals surface area contributed by atoms with Crippen LogP contribution in [-0.2, 0) is 6.18 Å². The van der Waals surface area contributed by atoms with Crippen molar-refractivity contribution in [3.05, 3.63) is 40.5 Å². The fourth-order valence-corrected chi connectivity index (χ4v) is 2.65. The molecule has 0 spiro atoms. The van der Waals surface area contributed by atoms with Gasteiger partial charge in [0.25, 0.3) is 5.91 Å². The molecular weight excluding hydrogens is 301 g/mol. The Morgan fingerprint density at radius 3 is 2.63 bits per heavy atom. The molecule has 2 aromatic rings. The molecule has 1 aromatic heterocycles. The van der Waals surface area contributed by atoms with E-state index in [0.29, 0.717) is 0 Å². The quantitative estimate of drug-likeness (QED) is 0.922. The van der Waals surface area contributed by atoms with E-state index in [4.69, 9.17) is 17.3 Å². The lowest BCUT2D eigenvalue weighted by molar-refractivity contribution is -0.137. The van der Waals surface area contributed by atoms with Crippen LogP contribution in [0.1, 0.15) is 15.9 Å². The van der Waals surface area contributed by atoms with Gasteiger partial charge in [-0.3, -0.25) is 4.79 Å². The van der Waals surface area contributed by atoms with Crippen molar-refractivity contribution in [1.29, 1.82) is 0 Å². The highest BCUT2D eigenvalue weighted by Gasteiger charge is 2.31. The van der Waals surface area contributed by atoms with Crippen LogP contribution in [0.25, 0.3) is 10.4 Å². The summed E-state index contributed by atoms with van der Waals surface area (Å²) in [5.74, 6) is -0.828. The van der Waals surface area contributed by atoms with Crippen molar-refractivity contribution in [2.45, 2.75) is 6.18 Å². The van der Waals surface area contributed by atoms with Gasteiger partial charge >= 0.3 is 6.18 Å². The van der Waals surface area contributed by atoms with Crippen molar-refractivity contribution in [1.82, 2.24) is 4.37 Å². The second-order valence-corrected chi connectivity index (χ2v) is 4.75. The first kappa shape index (κ1) is 13.8. The summed E-state index contributed by atoms with van der Waals surface area (Å²) in [4.78, 5) is 11.5. The summed E-state index contributed by atoms with van der Waals surface area (Å²) in [5, 5.41) is -0.107. The van der Waals surface area contributed by atoms with E-state index in [-0.39, 0.29) is 21.2 Å². The molecule has 2 rings (SSSR count). The van der Waals surface area contributed by atoms with Gasteiger partial charge in [-0.1, -0.05) is 23.7 Å². The fourth-order valence-electron chi connectivity index (χ4n) is 1.52. The lowest BCUT2D eigenvalue weighted by Crippen LogP contribution is -2.11. The molecule has 1 aromatic carbocycles. The Labute approximate surface area is 115 Å². The molecular formula is C11H6ClF3N2OS. The Kier molecular flexibility index (Phi) is 3.51. The zero-order valence-electron chi connectivity index (χ0n) is 9.16. The Hall–Kier alpha value is -1.60. The van der Waals surface area contributed by atoms with E-state index in [1.807, 2.05) is 0 Å². The number of nitrogens with two attached hydrogens (primary N) is 1. The summed E-state index contributed by atoms with van der Waals surface area (Å²) in [5.41, 5.74) is 4.47. The van der Waals surface area contributed by atoms with Gasteiger partial charge in [-0.05, 0) is 29.2 Å². The summed E-state index contributed by atoms with van der Waals surface area (Å²) >= 11 is 6.52. The molecule has 19 heavy (non-hydrogen) atoms. The summed E-state index contributed by atoms with van der Waals surface area (Å²) in [7, 11) is 0. The number of aromatic nitrogens is 1. The van der Waals surface area contributed by atoms with Crippen molar-refractivity contribution in [3.8, 4) is 10.4 Å². The number of rotatable bonds is 2. The number of carbonyl (C=O) groups is 1. The number of hydrogen-bond acceptors (Lipinski definition) is 3. The van der Waals surface area contributed by atoms with E-state index in [0.717, 1.165) is 23.7 Å². The third-order valence-corrected chi connectivity index (χ3v) is 3.62. The van der Waals surface area contributed by atoms with Crippen LogP contribution in [0.3, 0.4) is 0 Å². The van der Waals surface area contributed by atoms with E-state index < -0.39 is 17.6 Å². The smallest absolute Gasteiger partial charge is 0.365 e. The molecule has 3 nitrogen and oxygen atoms in total. The highest BCUT2D eigenvalue weighted by atomic mass is 35.5. The van der Waals surface area contributed by atoms with Crippen LogP contribution < -0.4 is 5.73 Å². The maximum atomic E-state index is 12.6. The van der Waals surface area contributed by atoms with E-state index in [2.05, 4.69) is 4.37 Å². The standard InChI is InChI=1S/C11H6ClF3N2OS/c12-9-7(10(16)18)8(19-17-9)5-2-1-3-6(4-5)11(13,14)15/h1-4H,(H2,16,18). The molecule has 0 fully saturated rings. The van der Waals surface area contributed by atoms with Crippen molar-refractivity contribution in [2.75, 3.05) is 0 Å². The maximum absolute atomic E-state index is 12.6. The molecule has 0 unspecified atom stereocenters. The zero-order chi connectivity index (χ0) is 14.2. The summed E-state index contributed by atoms with van der Waals surface area (Å²) < 4.78 is 41.6. The minimum Gasteiger partial charge on any atom is -0.365 e. The molecule has 0 aliphatic carbocycles. The van der Waals surface area contributed by atoms with E-state index in [9.17, 15) is 18.0 Å². The third-order valence-electron chi connectivity index (χ3n) is 2.35. The molecule has 0 aliphatic heterocycles. The molecule has 0 radical (unpaired) electrons. The Bertz CT molecular complexity index is 639. The highest BCUT2D eigenvalue weighted by Crippen LogP contribution is 2.36. The predicted molar refractivity (Wildman–Crippen MR) is 66.1 cm³/mol. The average molecular weight is 307 g/mol. The van der Waals surface area contributed by atoms with Crippen LogP contribution in [0, 0.1) is 0 Å². The summed E-state index contributed by atoms with van der Waals surface area (Å²) in [6.07, 6.45) is -4.46. The Morgan fingerprint density at radius 1 is 1.37 bits per heavy atom. The summed E-state index contributed by atoms with van der Waals surface area (Å²) in [6, 6.07) is 4.55. The second-order valence-electron chi connectivity index (χ2n) is 3.62. The molecule has 2 N–H and O–H groups in total. The molecule has 0 saturated heterocycles. The van der Waals surface area contributed by atoms with E-state index >= 15 is 0 Å². The van der Waals surface area contributed by atoms with Gasteiger partial charge in [-0.2, -0.15) is 17.5 Å². The van der Waals surface area contributed by atoms with Crippen molar-refractivity contribution < 1.29 is 18.0 Å². The lowest BCUT2D eigenvalue weighted by Gasteiger charge is -2.08. The van der Waals surface area contributed by atoms with Crippen molar-refractivity contribution >= 4 is 29.0 Å². The third kappa shape index (κ3) is 2.71. The number of amides is 1. The van der Waals surface area contributed by atoms with Crippen molar-refractivity contribution in [2.24, 2.45) is 5.73 Å². The van der Waals surface area contributed by atoms with Gasteiger partial charge in [0.15, 0.2) is 5.15 Å². The molecule has 0 aliphatic rings. The first-order valence-electron chi connectivity index (χ1n) is 4.93. The number of halogens is 4. The van der Waals surface area contributed by atoms with E-state index in [1.165, 1.54) is 12.1 Å². The van der Waals surface area contributed by atoms with E-state index in [1.54, 1.807) is 0 Å². The largest absolute Gasteiger partial charge is 0.416 e. The number of hydrogen-bond donors (Lipinski definition) is 1. The minimum atomic E-state index is -4.46. The number of benzene rings is 1. The zero-order valence-corrected chi connectivity index (χ0v) is 10.7.